The lowest BCUT2D eigenvalue weighted by Gasteiger charge is -2.15. The number of carbonyl (C=O) groups excluding carboxylic acids is 1. The summed E-state index contributed by atoms with van der Waals surface area (Å²) in [5, 5.41) is 11.3. The second kappa shape index (κ2) is 8.13. The molecule has 0 aromatic heterocycles. The van der Waals surface area contributed by atoms with Crippen LogP contribution < -0.4 is 5.32 Å². The molecule has 0 aliphatic carbocycles. The summed E-state index contributed by atoms with van der Waals surface area (Å²) < 4.78 is 5.07. The molecule has 1 unspecified atom stereocenters. The number of carboxylic acid groups (broad SMARTS) is 1. The van der Waals surface area contributed by atoms with Gasteiger partial charge in [0, 0.05) is 12.5 Å². The number of rotatable bonds is 7. The monoisotopic (exact) mass is 265 g/mol. The number of benzene rings is 1. The number of hydrogen-bond donors (Lipinski definition) is 2. The highest BCUT2D eigenvalue weighted by Crippen LogP contribution is 2.04. The number of carboxylic acids is 1. The Labute approximate surface area is 112 Å². The maximum Gasteiger partial charge on any atom is 0.407 e. The molecule has 0 fully saturated rings. The summed E-state index contributed by atoms with van der Waals surface area (Å²) in [6.07, 6.45) is 0.610. The van der Waals surface area contributed by atoms with Crippen molar-refractivity contribution < 1.29 is 19.4 Å². The van der Waals surface area contributed by atoms with E-state index in [0.717, 1.165) is 5.56 Å². The van der Waals surface area contributed by atoms with Gasteiger partial charge >= 0.3 is 12.1 Å². The SMILES string of the molecule is CCC(CCC(=O)O)NC(=O)OCc1ccccc1. The molecule has 0 bridgehead atoms. The molecular weight excluding hydrogens is 246 g/mol. The molecule has 1 aromatic carbocycles. The van der Waals surface area contributed by atoms with Crippen molar-refractivity contribution in [1.82, 2.24) is 5.32 Å². The second-order valence-corrected chi connectivity index (χ2v) is 4.24. The van der Waals surface area contributed by atoms with Crippen LogP contribution in [0, 0.1) is 0 Å². The minimum atomic E-state index is -0.863. The van der Waals surface area contributed by atoms with Gasteiger partial charge in [-0.05, 0) is 18.4 Å². The fraction of sp³-hybridized carbons (Fsp3) is 0.429. The first-order chi connectivity index (χ1) is 9.11. The Morgan fingerprint density at radius 3 is 2.58 bits per heavy atom. The van der Waals surface area contributed by atoms with E-state index in [1.54, 1.807) is 0 Å². The molecule has 5 nitrogen and oxygen atoms in total. The van der Waals surface area contributed by atoms with Gasteiger partial charge in [0.2, 0.25) is 0 Å². The molecule has 1 amide bonds. The lowest BCUT2D eigenvalue weighted by molar-refractivity contribution is -0.137. The van der Waals surface area contributed by atoms with Gasteiger partial charge in [-0.1, -0.05) is 37.3 Å². The molecule has 19 heavy (non-hydrogen) atoms. The van der Waals surface area contributed by atoms with E-state index in [0.29, 0.717) is 12.8 Å². The Balaban J connectivity index is 2.30. The molecule has 104 valence electrons. The van der Waals surface area contributed by atoms with Crippen molar-refractivity contribution in [2.45, 2.75) is 38.8 Å². The molecule has 2 N–H and O–H groups in total. The molecular formula is C14H19NO4. The number of nitrogens with one attached hydrogen (secondary N) is 1. The average molecular weight is 265 g/mol. The van der Waals surface area contributed by atoms with Crippen molar-refractivity contribution in [3.63, 3.8) is 0 Å². The number of carbonyl (C=O) groups is 2. The smallest absolute Gasteiger partial charge is 0.407 e. The van der Waals surface area contributed by atoms with Crippen LogP contribution >= 0.6 is 0 Å². The van der Waals surface area contributed by atoms with Gasteiger partial charge in [-0.2, -0.15) is 0 Å². The van der Waals surface area contributed by atoms with Crippen LogP contribution in [0.1, 0.15) is 31.7 Å². The maximum atomic E-state index is 11.5. The van der Waals surface area contributed by atoms with E-state index in [4.69, 9.17) is 9.84 Å². The van der Waals surface area contributed by atoms with Gasteiger partial charge < -0.3 is 15.2 Å². The molecule has 0 saturated carbocycles. The third kappa shape index (κ3) is 6.45. The van der Waals surface area contributed by atoms with Crippen LogP contribution in [0.3, 0.4) is 0 Å². The first-order valence-electron chi connectivity index (χ1n) is 6.30. The Hall–Kier alpha value is -2.04. The Morgan fingerprint density at radius 2 is 2.00 bits per heavy atom. The van der Waals surface area contributed by atoms with Crippen LogP contribution in [-0.4, -0.2) is 23.2 Å². The zero-order valence-corrected chi connectivity index (χ0v) is 11.0. The summed E-state index contributed by atoms with van der Waals surface area (Å²) in [7, 11) is 0. The zero-order valence-electron chi connectivity index (χ0n) is 11.0. The number of hydrogen-bond acceptors (Lipinski definition) is 3. The number of alkyl carbamates (subject to hydrolysis) is 1. The van der Waals surface area contributed by atoms with Crippen molar-refractivity contribution >= 4 is 12.1 Å². The third-order valence-corrected chi connectivity index (χ3v) is 2.73. The molecule has 0 saturated heterocycles. The van der Waals surface area contributed by atoms with Gasteiger partial charge in [0.25, 0.3) is 0 Å². The predicted octanol–water partition coefficient (Wildman–Crippen LogP) is 2.56. The predicted molar refractivity (Wildman–Crippen MR) is 70.7 cm³/mol. The van der Waals surface area contributed by atoms with Crippen molar-refractivity contribution in [2.24, 2.45) is 0 Å². The van der Waals surface area contributed by atoms with E-state index in [1.165, 1.54) is 0 Å². The summed E-state index contributed by atoms with van der Waals surface area (Å²) in [6, 6.07) is 9.21. The van der Waals surface area contributed by atoms with Crippen molar-refractivity contribution in [1.29, 1.82) is 0 Å². The van der Waals surface area contributed by atoms with Crippen LogP contribution in [0.5, 0.6) is 0 Å². The minimum absolute atomic E-state index is 0.0392. The summed E-state index contributed by atoms with van der Waals surface area (Å²) in [6.45, 7) is 2.10. The molecule has 1 aromatic rings. The van der Waals surface area contributed by atoms with E-state index in [2.05, 4.69) is 5.32 Å². The Kier molecular flexibility index (Phi) is 6.43. The minimum Gasteiger partial charge on any atom is -0.481 e. The van der Waals surface area contributed by atoms with Gasteiger partial charge in [-0.3, -0.25) is 4.79 Å². The molecule has 0 heterocycles. The normalized spacial score (nSPS) is 11.6. The van der Waals surface area contributed by atoms with Crippen molar-refractivity contribution in [3.8, 4) is 0 Å². The first kappa shape index (κ1) is 15.0. The average Bonchev–Trinajstić information content (AvgIpc) is 2.42. The summed E-state index contributed by atoms with van der Waals surface area (Å²) in [4.78, 5) is 22.0. The molecule has 0 aliphatic heterocycles. The van der Waals surface area contributed by atoms with Crippen LogP contribution in [0.2, 0.25) is 0 Å². The topological polar surface area (TPSA) is 75.6 Å². The number of ether oxygens (including phenoxy) is 1. The summed E-state index contributed by atoms with van der Waals surface area (Å²) >= 11 is 0. The molecule has 1 atom stereocenters. The van der Waals surface area contributed by atoms with Gasteiger partial charge in [0.05, 0.1) is 0 Å². The van der Waals surface area contributed by atoms with Gasteiger partial charge in [0.15, 0.2) is 0 Å². The first-order valence-corrected chi connectivity index (χ1v) is 6.30. The standard InChI is InChI=1S/C14H19NO4/c1-2-12(8-9-13(16)17)15-14(18)19-10-11-6-4-3-5-7-11/h3-7,12H,2,8-10H2,1H3,(H,15,18)(H,16,17). The third-order valence-electron chi connectivity index (χ3n) is 2.73. The number of aliphatic carboxylic acids is 1. The Morgan fingerprint density at radius 1 is 1.32 bits per heavy atom. The zero-order chi connectivity index (χ0) is 14.1. The molecule has 0 aliphatic rings. The van der Waals surface area contributed by atoms with E-state index >= 15 is 0 Å². The molecule has 0 spiro atoms. The maximum absolute atomic E-state index is 11.5. The molecule has 5 heteroatoms. The highest BCUT2D eigenvalue weighted by atomic mass is 16.5. The summed E-state index contributed by atoms with van der Waals surface area (Å²) in [5.41, 5.74) is 0.913. The fourth-order valence-corrected chi connectivity index (χ4v) is 1.61. The van der Waals surface area contributed by atoms with Crippen molar-refractivity contribution in [3.05, 3.63) is 35.9 Å². The fourth-order valence-electron chi connectivity index (χ4n) is 1.61. The highest BCUT2D eigenvalue weighted by molar-refractivity contribution is 5.68. The second-order valence-electron chi connectivity index (χ2n) is 4.24. The Bertz CT molecular complexity index is 405. The quantitative estimate of drug-likeness (QED) is 0.794. The largest absolute Gasteiger partial charge is 0.481 e. The number of amides is 1. The van der Waals surface area contributed by atoms with Gasteiger partial charge in [0.1, 0.15) is 6.61 Å². The van der Waals surface area contributed by atoms with Crippen LogP contribution in [-0.2, 0) is 16.1 Å². The van der Waals surface area contributed by atoms with E-state index in [9.17, 15) is 9.59 Å². The lowest BCUT2D eigenvalue weighted by atomic mass is 10.1. The van der Waals surface area contributed by atoms with Gasteiger partial charge in [-0.25, -0.2) is 4.79 Å². The van der Waals surface area contributed by atoms with Crippen LogP contribution in [0.4, 0.5) is 4.79 Å². The molecule has 0 radical (unpaired) electrons. The van der Waals surface area contributed by atoms with Crippen molar-refractivity contribution in [2.75, 3.05) is 0 Å². The van der Waals surface area contributed by atoms with E-state index < -0.39 is 12.1 Å². The summed E-state index contributed by atoms with van der Waals surface area (Å²) in [5.74, 6) is -0.863. The molecule has 1 rings (SSSR count). The van der Waals surface area contributed by atoms with E-state index in [-0.39, 0.29) is 19.1 Å². The van der Waals surface area contributed by atoms with E-state index in [1.807, 2.05) is 37.3 Å². The lowest BCUT2D eigenvalue weighted by Crippen LogP contribution is -2.35. The highest BCUT2D eigenvalue weighted by Gasteiger charge is 2.12. The van der Waals surface area contributed by atoms with Crippen LogP contribution in [0.25, 0.3) is 0 Å². The van der Waals surface area contributed by atoms with Gasteiger partial charge in [-0.15, -0.1) is 0 Å². The van der Waals surface area contributed by atoms with Crippen LogP contribution in [0.15, 0.2) is 30.3 Å².